The minimum absolute atomic E-state index is 0.0435. The van der Waals surface area contributed by atoms with E-state index in [0.29, 0.717) is 12.4 Å². The third kappa shape index (κ3) is 4.80. The molecule has 0 aliphatic carbocycles. The average molecular weight is 350 g/mol. The highest BCUT2D eigenvalue weighted by molar-refractivity contribution is 7.11. The molecule has 0 bridgehead atoms. The predicted octanol–water partition coefficient (Wildman–Crippen LogP) is 3.55. The number of thiazole rings is 1. The molecule has 2 N–H and O–H groups in total. The van der Waals surface area contributed by atoms with Crippen LogP contribution in [0.25, 0.3) is 0 Å². The molecule has 6 nitrogen and oxygen atoms in total. The van der Waals surface area contributed by atoms with Crippen molar-refractivity contribution in [2.75, 3.05) is 11.9 Å². The van der Waals surface area contributed by atoms with Crippen LogP contribution in [0.4, 0.5) is 10.6 Å². The van der Waals surface area contributed by atoms with Crippen molar-refractivity contribution >= 4 is 23.2 Å². The first kappa shape index (κ1) is 18.4. The summed E-state index contributed by atoms with van der Waals surface area (Å²) in [6, 6.07) is 1.71. The molecule has 0 saturated heterocycles. The van der Waals surface area contributed by atoms with Gasteiger partial charge in [0.05, 0.1) is 16.4 Å². The van der Waals surface area contributed by atoms with Crippen LogP contribution < -0.4 is 10.6 Å². The number of nitrogens with one attached hydrogen (secondary N) is 2. The van der Waals surface area contributed by atoms with Crippen molar-refractivity contribution in [3.63, 3.8) is 0 Å². The number of urea groups is 1. The van der Waals surface area contributed by atoms with Gasteiger partial charge in [0.1, 0.15) is 5.82 Å². The van der Waals surface area contributed by atoms with Crippen LogP contribution in [0.2, 0.25) is 0 Å². The fraction of sp³-hybridized carbons (Fsp3) is 0.588. The van der Waals surface area contributed by atoms with Gasteiger partial charge in [0.25, 0.3) is 0 Å². The zero-order chi connectivity index (χ0) is 17.9. The Morgan fingerprint density at radius 2 is 2.04 bits per heavy atom. The monoisotopic (exact) mass is 349 g/mol. The normalized spacial score (nSPS) is 11.6. The molecule has 24 heavy (non-hydrogen) atoms. The number of rotatable bonds is 5. The maximum atomic E-state index is 12.0. The van der Waals surface area contributed by atoms with Gasteiger partial charge < -0.3 is 5.32 Å². The van der Waals surface area contributed by atoms with E-state index in [1.807, 2.05) is 20.0 Å². The van der Waals surface area contributed by atoms with E-state index in [2.05, 4.69) is 48.4 Å². The van der Waals surface area contributed by atoms with Gasteiger partial charge in [0.15, 0.2) is 0 Å². The van der Waals surface area contributed by atoms with Gasteiger partial charge in [0.2, 0.25) is 0 Å². The van der Waals surface area contributed by atoms with E-state index < -0.39 is 0 Å². The summed E-state index contributed by atoms with van der Waals surface area (Å²) in [5, 5.41) is 11.3. The number of aryl methyl sites for hydroxylation is 4. The molecule has 2 amide bonds. The highest BCUT2D eigenvalue weighted by Crippen LogP contribution is 2.23. The first-order valence-electron chi connectivity index (χ1n) is 8.19. The van der Waals surface area contributed by atoms with Crippen LogP contribution in [0.5, 0.6) is 0 Å². The Morgan fingerprint density at radius 3 is 2.58 bits per heavy atom. The molecule has 0 radical (unpaired) electrons. The summed E-state index contributed by atoms with van der Waals surface area (Å²) >= 11 is 1.73. The van der Waals surface area contributed by atoms with Crippen molar-refractivity contribution in [2.45, 2.75) is 52.9 Å². The number of carbonyl (C=O) groups is 1. The first-order valence-corrected chi connectivity index (χ1v) is 9.00. The Hall–Kier alpha value is -1.89. The molecular weight excluding hydrogens is 322 g/mol. The van der Waals surface area contributed by atoms with Gasteiger partial charge in [-0.15, -0.1) is 11.3 Å². The van der Waals surface area contributed by atoms with E-state index in [1.165, 1.54) is 4.88 Å². The maximum absolute atomic E-state index is 12.0. The minimum Gasteiger partial charge on any atom is -0.338 e. The maximum Gasteiger partial charge on any atom is 0.320 e. The predicted molar refractivity (Wildman–Crippen MR) is 98.8 cm³/mol. The molecular formula is C17H27N5OS. The van der Waals surface area contributed by atoms with Gasteiger partial charge in [0, 0.05) is 36.4 Å². The number of anilines is 1. The second kappa shape index (κ2) is 7.34. The van der Waals surface area contributed by atoms with Crippen molar-refractivity contribution in [3.05, 3.63) is 27.3 Å². The molecule has 132 valence electrons. The molecule has 0 aromatic carbocycles. The van der Waals surface area contributed by atoms with Gasteiger partial charge in [-0.3, -0.25) is 10.00 Å². The topological polar surface area (TPSA) is 71.8 Å². The van der Waals surface area contributed by atoms with Crippen molar-refractivity contribution in [1.82, 2.24) is 20.1 Å². The molecule has 0 unspecified atom stereocenters. The molecule has 2 heterocycles. The van der Waals surface area contributed by atoms with Crippen LogP contribution in [-0.4, -0.2) is 27.3 Å². The summed E-state index contributed by atoms with van der Waals surface area (Å²) in [4.78, 5) is 17.8. The largest absolute Gasteiger partial charge is 0.338 e. The lowest BCUT2D eigenvalue weighted by atomic mass is 9.92. The quantitative estimate of drug-likeness (QED) is 0.811. The van der Waals surface area contributed by atoms with Gasteiger partial charge in [-0.25, -0.2) is 9.78 Å². The summed E-state index contributed by atoms with van der Waals surface area (Å²) in [6.07, 6.45) is 1.76. The first-order chi connectivity index (χ1) is 11.2. The molecule has 0 fully saturated rings. The second-order valence-corrected chi connectivity index (χ2v) is 8.31. The highest BCUT2D eigenvalue weighted by Gasteiger charge is 2.19. The van der Waals surface area contributed by atoms with Crippen LogP contribution >= 0.6 is 11.3 Å². The lowest BCUT2D eigenvalue weighted by Gasteiger charge is -2.13. The smallest absolute Gasteiger partial charge is 0.320 e. The Balaban J connectivity index is 1.78. The number of aromatic nitrogens is 3. The molecule has 2 rings (SSSR count). The Kier molecular flexibility index (Phi) is 5.64. The van der Waals surface area contributed by atoms with Crippen molar-refractivity contribution < 1.29 is 4.79 Å². The fourth-order valence-corrected chi connectivity index (χ4v) is 3.17. The summed E-state index contributed by atoms with van der Waals surface area (Å²) in [7, 11) is 1.83. The van der Waals surface area contributed by atoms with Crippen molar-refractivity contribution in [3.8, 4) is 0 Å². The van der Waals surface area contributed by atoms with Gasteiger partial charge in [-0.1, -0.05) is 20.8 Å². The van der Waals surface area contributed by atoms with Crippen LogP contribution in [0.15, 0.2) is 6.07 Å². The lowest BCUT2D eigenvalue weighted by molar-refractivity contribution is 0.252. The SMILES string of the molecule is Cc1nc(CCCNC(=O)Nc2cc(C(C)(C)C)nn2C)sc1C. The van der Waals surface area contributed by atoms with E-state index in [0.717, 1.165) is 29.2 Å². The molecule has 2 aromatic rings. The molecule has 0 aliphatic heterocycles. The van der Waals surface area contributed by atoms with E-state index in [4.69, 9.17) is 0 Å². The average Bonchev–Trinajstić information content (AvgIpc) is 2.99. The molecule has 2 aromatic heterocycles. The molecule has 0 aliphatic rings. The molecule has 0 atom stereocenters. The van der Waals surface area contributed by atoms with Crippen molar-refractivity contribution in [2.24, 2.45) is 7.05 Å². The van der Waals surface area contributed by atoms with Crippen LogP contribution in [-0.2, 0) is 18.9 Å². The molecule has 0 spiro atoms. The summed E-state index contributed by atoms with van der Waals surface area (Å²) < 4.78 is 1.70. The Morgan fingerprint density at radius 1 is 1.33 bits per heavy atom. The van der Waals surface area contributed by atoms with Crippen molar-refractivity contribution in [1.29, 1.82) is 0 Å². The molecule has 7 heteroatoms. The summed E-state index contributed by atoms with van der Waals surface area (Å²) in [6.45, 7) is 11.0. The third-order valence-corrected chi connectivity index (χ3v) is 4.95. The zero-order valence-corrected chi connectivity index (χ0v) is 16.2. The third-order valence-electron chi connectivity index (χ3n) is 3.82. The van der Waals surface area contributed by atoms with Gasteiger partial charge in [-0.2, -0.15) is 5.10 Å². The standard InChI is InChI=1S/C17H27N5OS/c1-11-12(2)24-15(19-11)8-7-9-18-16(23)20-14-10-13(17(3,4)5)21-22(14)6/h10H,7-9H2,1-6H3,(H2,18,20,23). The van der Waals surface area contributed by atoms with Crippen LogP contribution in [0.3, 0.4) is 0 Å². The fourth-order valence-electron chi connectivity index (χ4n) is 2.20. The van der Waals surface area contributed by atoms with E-state index in [1.54, 1.807) is 16.0 Å². The van der Waals surface area contributed by atoms with Gasteiger partial charge in [-0.05, 0) is 20.3 Å². The number of carbonyl (C=O) groups excluding carboxylic acids is 1. The van der Waals surface area contributed by atoms with Crippen LogP contribution in [0.1, 0.15) is 48.5 Å². The Labute approximate surface area is 147 Å². The minimum atomic E-state index is -0.204. The second-order valence-electron chi connectivity index (χ2n) is 7.02. The van der Waals surface area contributed by atoms with E-state index in [9.17, 15) is 4.79 Å². The van der Waals surface area contributed by atoms with E-state index in [-0.39, 0.29) is 11.4 Å². The van der Waals surface area contributed by atoms with Gasteiger partial charge >= 0.3 is 6.03 Å². The summed E-state index contributed by atoms with van der Waals surface area (Å²) in [5.74, 6) is 0.698. The Bertz CT molecular complexity index is 692. The lowest BCUT2D eigenvalue weighted by Crippen LogP contribution is -2.30. The number of amides is 2. The van der Waals surface area contributed by atoms with E-state index >= 15 is 0 Å². The van der Waals surface area contributed by atoms with Crippen LogP contribution in [0, 0.1) is 13.8 Å². The summed E-state index contributed by atoms with van der Waals surface area (Å²) in [5.41, 5.74) is 2.01. The number of hydrogen-bond acceptors (Lipinski definition) is 4. The number of hydrogen-bond donors (Lipinski definition) is 2. The number of nitrogens with zero attached hydrogens (tertiary/aromatic N) is 3. The zero-order valence-electron chi connectivity index (χ0n) is 15.4. The molecule has 0 saturated carbocycles. The highest BCUT2D eigenvalue weighted by atomic mass is 32.1.